The van der Waals surface area contributed by atoms with Gasteiger partial charge < -0.3 is 24.7 Å². The van der Waals surface area contributed by atoms with Crippen molar-refractivity contribution in [2.75, 3.05) is 31.2 Å². The highest BCUT2D eigenvalue weighted by Crippen LogP contribution is 2.41. The molecule has 0 amide bonds. The highest BCUT2D eigenvalue weighted by Gasteiger charge is 2.32. The van der Waals surface area contributed by atoms with Crippen molar-refractivity contribution in [1.29, 1.82) is 0 Å². The Hall–Kier alpha value is -3.06. The highest BCUT2D eigenvalue weighted by atomic mass is 16.5. The Morgan fingerprint density at radius 3 is 2.53 bits per heavy atom. The molecule has 1 saturated carbocycles. The molecule has 7 nitrogen and oxygen atoms in total. The van der Waals surface area contributed by atoms with Gasteiger partial charge in [-0.05, 0) is 67.0 Å². The minimum Gasteiger partial charge on any atom is -0.492 e. The van der Waals surface area contributed by atoms with Gasteiger partial charge in [-0.25, -0.2) is 4.79 Å². The fourth-order valence-corrected chi connectivity index (χ4v) is 5.79. The van der Waals surface area contributed by atoms with Crippen molar-refractivity contribution in [3.63, 3.8) is 0 Å². The Balaban J connectivity index is 1.40. The smallest absolute Gasteiger partial charge is 0.333 e. The number of hydrogen-bond acceptors (Lipinski definition) is 6. The summed E-state index contributed by atoms with van der Waals surface area (Å²) in [6.07, 6.45) is 6.39. The second-order valence-electron chi connectivity index (χ2n) is 11.2. The highest BCUT2D eigenvalue weighted by molar-refractivity contribution is 6.02. The van der Waals surface area contributed by atoms with Crippen LogP contribution in [0.2, 0.25) is 0 Å². The van der Waals surface area contributed by atoms with Crippen LogP contribution in [0.4, 0.5) is 5.69 Å². The third kappa shape index (κ3) is 6.68. The van der Waals surface area contributed by atoms with E-state index in [4.69, 9.17) is 9.47 Å². The van der Waals surface area contributed by atoms with Crippen molar-refractivity contribution in [1.82, 2.24) is 0 Å². The second kappa shape index (κ2) is 12.7. The lowest BCUT2D eigenvalue weighted by molar-refractivity contribution is -0.149. The van der Waals surface area contributed by atoms with E-state index in [9.17, 15) is 15.1 Å². The maximum atomic E-state index is 11.3. The van der Waals surface area contributed by atoms with Gasteiger partial charge in [0, 0.05) is 36.7 Å². The molecule has 7 heteroatoms. The average Bonchev–Trinajstić information content (AvgIpc) is 2.92. The summed E-state index contributed by atoms with van der Waals surface area (Å²) in [4.78, 5) is 13.7. The minimum atomic E-state index is -0.946. The predicted octanol–water partition coefficient (Wildman–Crippen LogP) is 6.04. The van der Waals surface area contributed by atoms with Crippen LogP contribution in [-0.2, 0) is 21.4 Å². The largest absolute Gasteiger partial charge is 0.492 e. The summed E-state index contributed by atoms with van der Waals surface area (Å²) in [6.45, 7) is 9.02. The number of carbonyl (C=O) groups is 1. The van der Waals surface area contributed by atoms with Crippen LogP contribution < -0.4 is 9.64 Å². The zero-order valence-electron chi connectivity index (χ0n) is 23.0. The van der Waals surface area contributed by atoms with Crippen LogP contribution >= 0.6 is 0 Å². The van der Waals surface area contributed by atoms with Gasteiger partial charge in [0.15, 0.2) is 6.10 Å². The van der Waals surface area contributed by atoms with Crippen LogP contribution in [0.3, 0.4) is 0 Å². The first kappa shape index (κ1) is 28.0. The molecule has 0 spiro atoms. The number of fused-ring (bicyclic) bond motifs is 1. The normalized spacial score (nSPS) is 18.6. The Morgan fingerprint density at radius 1 is 1.13 bits per heavy atom. The first-order chi connectivity index (χ1) is 18.3. The average molecular weight is 523 g/mol. The quantitative estimate of drug-likeness (QED) is 0.212. The van der Waals surface area contributed by atoms with Crippen LogP contribution in [0.5, 0.6) is 5.75 Å². The first-order valence-electron chi connectivity index (χ1n) is 14.0. The van der Waals surface area contributed by atoms with Crippen molar-refractivity contribution in [3.05, 3.63) is 59.2 Å². The SMILES string of the molecule is CCO[C@@H](Cc1ccc(OCCN2CCC(C)(C)c3cc(C(=NO)C4CCCCC4)ccc32)cc1)C(=O)O. The summed E-state index contributed by atoms with van der Waals surface area (Å²) < 4.78 is 11.4. The molecule has 0 bridgehead atoms. The van der Waals surface area contributed by atoms with E-state index in [1.807, 2.05) is 24.3 Å². The van der Waals surface area contributed by atoms with E-state index < -0.39 is 12.1 Å². The van der Waals surface area contributed by atoms with E-state index in [1.165, 1.54) is 30.5 Å². The van der Waals surface area contributed by atoms with Crippen LogP contribution in [0.1, 0.15) is 76.0 Å². The number of oxime groups is 1. The van der Waals surface area contributed by atoms with Crippen molar-refractivity contribution < 1.29 is 24.6 Å². The number of anilines is 1. The van der Waals surface area contributed by atoms with Gasteiger partial charge in [-0.1, -0.05) is 56.5 Å². The van der Waals surface area contributed by atoms with Crippen molar-refractivity contribution in [2.45, 2.75) is 77.2 Å². The summed E-state index contributed by atoms with van der Waals surface area (Å²) in [5, 5.41) is 23.0. The molecule has 1 fully saturated rings. The molecule has 2 N–H and O–H groups in total. The van der Waals surface area contributed by atoms with Crippen LogP contribution in [0.15, 0.2) is 47.6 Å². The number of benzene rings is 2. The van der Waals surface area contributed by atoms with Gasteiger partial charge in [0.1, 0.15) is 12.4 Å². The number of aliphatic carboxylic acids is 1. The molecule has 4 rings (SSSR count). The Kier molecular flexibility index (Phi) is 9.31. The van der Waals surface area contributed by atoms with Gasteiger partial charge in [-0.15, -0.1) is 0 Å². The minimum absolute atomic E-state index is 0.0426. The Labute approximate surface area is 226 Å². The van der Waals surface area contributed by atoms with Gasteiger partial charge in [0.05, 0.1) is 12.3 Å². The lowest BCUT2D eigenvalue weighted by Crippen LogP contribution is -2.39. The zero-order valence-corrected chi connectivity index (χ0v) is 23.0. The third-order valence-electron chi connectivity index (χ3n) is 8.09. The molecule has 1 aliphatic heterocycles. The Bertz CT molecular complexity index is 1110. The molecule has 1 heterocycles. The molecule has 1 aliphatic carbocycles. The topological polar surface area (TPSA) is 91.6 Å². The molecule has 0 unspecified atom stereocenters. The Morgan fingerprint density at radius 2 is 1.87 bits per heavy atom. The molecule has 38 heavy (non-hydrogen) atoms. The van der Waals surface area contributed by atoms with Gasteiger partial charge in [-0.2, -0.15) is 0 Å². The summed E-state index contributed by atoms with van der Waals surface area (Å²) in [5.41, 5.74) is 5.34. The molecule has 0 aromatic heterocycles. The lowest BCUT2D eigenvalue weighted by atomic mass is 9.75. The lowest BCUT2D eigenvalue weighted by Gasteiger charge is -2.40. The van der Waals surface area contributed by atoms with Crippen LogP contribution in [0.25, 0.3) is 0 Å². The molecule has 2 aromatic rings. The number of rotatable bonds is 11. The van der Waals surface area contributed by atoms with Crippen molar-refractivity contribution in [2.24, 2.45) is 11.1 Å². The first-order valence-corrected chi connectivity index (χ1v) is 14.0. The number of carboxylic acids is 1. The summed E-state index contributed by atoms with van der Waals surface area (Å²) in [7, 11) is 0. The van der Waals surface area contributed by atoms with Crippen molar-refractivity contribution in [3.8, 4) is 5.75 Å². The predicted molar refractivity (Wildman–Crippen MR) is 150 cm³/mol. The van der Waals surface area contributed by atoms with E-state index in [0.29, 0.717) is 25.6 Å². The van der Waals surface area contributed by atoms with Gasteiger partial charge in [-0.3, -0.25) is 0 Å². The van der Waals surface area contributed by atoms with Crippen LogP contribution in [0, 0.1) is 5.92 Å². The molecular formula is C31H42N2O5. The van der Waals surface area contributed by atoms with E-state index in [-0.39, 0.29) is 5.41 Å². The second-order valence-corrected chi connectivity index (χ2v) is 11.2. The van der Waals surface area contributed by atoms with Gasteiger partial charge in [0.2, 0.25) is 0 Å². The standard InChI is InChI=1S/C31H42N2O5/c1-4-37-28(30(34)35)20-22-10-13-25(14-11-22)38-19-18-33-17-16-31(2,3)26-21-24(12-15-27(26)33)29(32-36)23-8-6-5-7-9-23/h10-15,21,23,28,36H,4-9,16-20H2,1-3H3,(H,34,35)/t28-/m0/s1. The number of ether oxygens (including phenoxy) is 2. The molecule has 2 aliphatic rings. The summed E-state index contributed by atoms with van der Waals surface area (Å²) in [6, 6.07) is 14.1. The third-order valence-corrected chi connectivity index (χ3v) is 8.09. The molecule has 1 atom stereocenters. The van der Waals surface area contributed by atoms with Gasteiger partial charge in [0.25, 0.3) is 0 Å². The maximum absolute atomic E-state index is 11.3. The van der Waals surface area contributed by atoms with E-state index >= 15 is 0 Å². The maximum Gasteiger partial charge on any atom is 0.333 e. The molecule has 0 saturated heterocycles. The molecular weight excluding hydrogens is 480 g/mol. The summed E-state index contributed by atoms with van der Waals surface area (Å²) >= 11 is 0. The zero-order chi connectivity index (χ0) is 27.1. The van der Waals surface area contributed by atoms with E-state index in [0.717, 1.165) is 54.9 Å². The number of carboxylic acid groups (broad SMARTS) is 1. The molecule has 2 aromatic carbocycles. The molecule has 0 radical (unpaired) electrons. The summed E-state index contributed by atoms with van der Waals surface area (Å²) in [5.74, 6) is 0.156. The number of hydrogen-bond donors (Lipinski definition) is 2. The fourth-order valence-electron chi connectivity index (χ4n) is 5.79. The van der Waals surface area contributed by atoms with E-state index in [1.54, 1.807) is 6.92 Å². The van der Waals surface area contributed by atoms with Crippen LogP contribution in [-0.4, -0.2) is 54.4 Å². The molecule has 206 valence electrons. The monoisotopic (exact) mass is 522 g/mol. The van der Waals surface area contributed by atoms with Crippen molar-refractivity contribution >= 4 is 17.4 Å². The number of nitrogens with zero attached hydrogens (tertiary/aromatic N) is 2. The van der Waals surface area contributed by atoms with Gasteiger partial charge >= 0.3 is 5.97 Å². The van der Waals surface area contributed by atoms with E-state index in [2.05, 4.69) is 42.1 Å². The fraction of sp³-hybridized carbons (Fsp3) is 0.548.